The normalized spacial score (nSPS) is 22.4. The van der Waals surface area contributed by atoms with Gasteiger partial charge in [0.2, 0.25) is 0 Å². The molecule has 1 fully saturated rings. The van der Waals surface area contributed by atoms with Gasteiger partial charge in [0, 0.05) is 5.69 Å². The molecule has 0 radical (unpaired) electrons. The van der Waals surface area contributed by atoms with Gasteiger partial charge in [0.25, 0.3) is 5.91 Å². The van der Waals surface area contributed by atoms with E-state index in [0.717, 1.165) is 44.8 Å². The minimum atomic E-state index is -0.00957. The first-order chi connectivity index (χ1) is 14.2. The van der Waals surface area contributed by atoms with Gasteiger partial charge in [-0.2, -0.15) is 0 Å². The third kappa shape index (κ3) is 5.14. The Bertz CT molecular complexity index is 854. The molecule has 0 unspecified atom stereocenters. The summed E-state index contributed by atoms with van der Waals surface area (Å²) in [5.41, 5.74) is 5.07. The van der Waals surface area contributed by atoms with Crippen molar-refractivity contribution in [3.05, 3.63) is 71.3 Å². The zero-order valence-electron chi connectivity index (χ0n) is 17.4. The number of anilines is 1. The van der Waals surface area contributed by atoms with E-state index in [1.807, 2.05) is 6.07 Å². The molecule has 4 rings (SSSR count). The first-order valence-electron chi connectivity index (χ1n) is 11.0. The fraction of sp³-hybridized carbons (Fsp3) is 0.400. The van der Waals surface area contributed by atoms with Gasteiger partial charge in [-0.25, -0.2) is 0 Å². The van der Waals surface area contributed by atoms with Gasteiger partial charge in [-0.1, -0.05) is 42.5 Å². The van der Waals surface area contributed by atoms with E-state index in [2.05, 4.69) is 66.9 Å². The third-order valence-electron chi connectivity index (χ3n) is 6.49. The molecule has 0 aromatic heterocycles. The Labute approximate surface area is 174 Å². The largest absolute Gasteiger partial charge is 0.322 e. The van der Waals surface area contributed by atoms with Crippen LogP contribution in [0.2, 0.25) is 0 Å². The zero-order valence-corrected chi connectivity index (χ0v) is 17.4. The summed E-state index contributed by atoms with van der Waals surface area (Å²) in [4.78, 5) is 15.8. The maximum atomic E-state index is 12.8. The van der Waals surface area contributed by atoms with Gasteiger partial charge in [-0.15, -0.1) is 0 Å². The highest BCUT2D eigenvalue weighted by Gasteiger charge is 2.30. The number of hydrogen-bond donors (Lipinski definition) is 3. The summed E-state index contributed by atoms with van der Waals surface area (Å²) in [6, 6.07) is 16.9. The third-order valence-corrected chi connectivity index (χ3v) is 6.49. The minimum Gasteiger partial charge on any atom is -0.322 e. The van der Waals surface area contributed by atoms with Gasteiger partial charge in [0.05, 0.1) is 6.54 Å². The SMILES string of the molecule is C[C@H](C(=O)Nc1ccc2c(c1)CCC2)[NH+]1CC[NH+](C/C=C/c2ccccc2)CC1. The number of benzene rings is 2. The lowest BCUT2D eigenvalue weighted by Crippen LogP contribution is -3.29. The first kappa shape index (κ1) is 19.9. The van der Waals surface area contributed by atoms with E-state index in [-0.39, 0.29) is 11.9 Å². The number of amides is 1. The first-order valence-corrected chi connectivity index (χ1v) is 11.0. The van der Waals surface area contributed by atoms with Gasteiger partial charge < -0.3 is 15.1 Å². The molecular formula is C25H33N3O+2. The van der Waals surface area contributed by atoms with Crippen LogP contribution >= 0.6 is 0 Å². The quantitative estimate of drug-likeness (QED) is 0.675. The Kier molecular flexibility index (Phi) is 6.43. The van der Waals surface area contributed by atoms with Crippen LogP contribution in [0, 0.1) is 0 Å². The second-order valence-corrected chi connectivity index (χ2v) is 8.47. The highest BCUT2D eigenvalue weighted by atomic mass is 16.2. The number of quaternary nitrogens is 2. The summed E-state index contributed by atoms with van der Waals surface area (Å²) in [5, 5.41) is 3.15. The van der Waals surface area contributed by atoms with E-state index >= 15 is 0 Å². The van der Waals surface area contributed by atoms with Crippen molar-refractivity contribution in [2.24, 2.45) is 0 Å². The molecule has 152 valence electrons. The summed E-state index contributed by atoms with van der Waals surface area (Å²) in [6.07, 6.45) is 8.04. The van der Waals surface area contributed by atoms with Crippen molar-refractivity contribution in [3.8, 4) is 0 Å². The lowest BCUT2D eigenvalue weighted by atomic mass is 10.1. The number of aryl methyl sites for hydroxylation is 2. The average molecular weight is 392 g/mol. The molecule has 4 nitrogen and oxygen atoms in total. The molecule has 2 aliphatic rings. The molecule has 1 saturated heterocycles. The molecule has 0 spiro atoms. The Morgan fingerprint density at radius 3 is 2.59 bits per heavy atom. The molecule has 1 atom stereocenters. The smallest absolute Gasteiger partial charge is 0.282 e. The van der Waals surface area contributed by atoms with E-state index in [4.69, 9.17) is 0 Å². The number of hydrogen-bond acceptors (Lipinski definition) is 1. The lowest BCUT2D eigenvalue weighted by molar-refractivity contribution is -1.02. The maximum Gasteiger partial charge on any atom is 0.282 e. The molecule has 1 aliphatic heterocycles. The van der Waals surface area contributed by atoms with Crippen molar-refractivity contribution >= 4 is 17.7 Å². The van der Waals surface area contributed by atoms with Crippen molar-refractivity contribution < 1.29 is 14.6 Å². The van der Waals surface area contributed by atoms with Crippen molar-refractivity contribution in [3.63, 3.8) is 0 Å². The van der Waals surface area contributed by atoms with E-state index in [1.165, 1.54) is 34.4 Å². The monoisotopic (exact) mass is 391 g/mol. The number of carbonyl (C=O) groups excluding carboxylic acids is 1. The second-order valence-electron chi connectivity index (χ2n) is 8.47. The fourth-order valence-electron chi connectivity index (χ4n) is 4.57. The topological polar surface area (TPSA) is 38.0 Å². The zero-order chi connectivity index (χ0) is 20.1. The van der Waals surface area contributed by atoms with E-state index in [0.29, 0.717) is 0 Å². The highest BCUT2D eigenvalue weighted by Crippen LogP contribution is 2.24. The molecule has 1 heterocycles. The van der Waals surface area contributed by atoms with Gasteiger partial charge in [-0.05, 0) is 61.1 Å². The summed E-state index contributed by atoms with van der Waals surface area (Å²) >= 11 is 0. The molecule has 3 N–H and O–H groups in total. The summed E-state index contributed by atoms with van der Waals surface area (Å²) in [6.45, 7) is 7.45. The lowest BCUT2D eigenvalue weighted by Gasteiger charge is -2.32. The molecule has 0 bridgehead atoms. The predicted molar refractivity (Wildman–Crippen MR) is 118 cm³/mol. The van der Waals surface area contributed by atoms with Crippen LogP contribution in [-0.4, -0.2) is 44.7 Å². The van der Waals surface area contributed by atoms with Crippen LogP contribution in [0.25, 0.3) is 6.08 Å². The Hall–Kier alpha value is -2.43. The van der Waals surface area contributed by atoms with Crippen molar-refractivity contribution in [1.29, 1.82) is 0 Å². The Morgan fingerprint density at radius 2 is 1.79 bits per heavy atom. The molecule has 1 aliphatic carbocycles. The molecule has 4 heteroatoms. The molecule has 29 heavy (non-hydrogen) atoms. The molecule has 2 aromatic rings. The molecular weight excluding hydrogens is 358 g/mol. The van der Waals surface area contributed by atoms with E-state index in [1.54, 1.807) is 4.90 Å². The summed E-state index contributed by atoms with van der Waals surface area (Å²) < 4.78 is 0. The van der Waals surface area contributed by atoms with Crippen molar-refractivity contribution in [1.82, 2.24) is 0 Å². The number of piperazine rings is 1. The average Bonchev–Trinajstić information content (AvgIpc) is 3.22. The number of nitrogens with one attached hydrogen (secondary N) is 3. The maximum absolute atomic E-state index is 12.8. The van der Waals surface area contributed by atoms with Crippen LogP contribution in [0.3, 0.4) is 0 Å². The molecule has 0 saturated carbocycles. The molecule has 2 aromatic carbocycles. The van der Waals surface area contributed by atoms with Gasteiger partial charge in [0.15, 0.2) is 6.04 Å². The fourth-order valence-corrected chi connectivity index (χ4v) is 4.57. The Balaban J connectivity index is 1.23. The van der Waals surface area contributed by atoms with Crippen LogP contribution < -0.4 is 15.1 Å². The van der Waals surface area contributed by atoms with Gasteiger partial charge >= 0.3 is 0 Å². The number of carbonyl (C=O) groups is 1. The van der Waals surface area contributed by atoms with Crippen molar-refractivity contribution in [2.45, 2.75) is 32.2 Å². The van der Waals surface area contributed by atoms with Crippen LogP contribution in [-0.2, 0) is 17.6 Å². The molecule has 1 amide bonds. The highest BCUT2D eigenvalue weighted by molar-refractivity contribution is 5.93. The standard InChI is InChI=1S/C25H31N3O/c1-20(25(29)26-24-13-12-22-10-5-11-23(22)19-24)28-17-15-27(16-18-28)14-6-9-21-7-3-2-4-8-21/h2-4,6-9,12-13,19-20H,5,10-11,14-18H2,1H3,(H,26,29)/p+2/b9-6+/t20-/m1/s1. The van der Waals surface area contributed by atoms with Crippen molar-refractivity contribution in [2.75, 3.05) is 38.0 Å². The number of fused-ring (bicyclic) bond motifs is 1. The predicted octanol–water partition coefficient (Wildman–Crippen LogP) is 0.999. The van der Waals surface area contributed by atoms with Crippen LogP contribution in [0.1, 0.15) is 30.0 Å². The second kappa shape index (κ2) is 9.38. The van der Waals surface area contributed by atoms with E-state index < -0.39 is 0 Å². The summed E-state index contributed by atoms with van der Waals surface area (Å²) in [7, 11) is 0. The number of rotatable bonds is 6. The van der Waals surface area contributed by atoms with Crippen LogP contribution in [0.4, 0.5) is 5.69 Å². The van der Waals surface area contributed by atoms with Gasteiger partial charge in [-0.3, -0.25) is 4.79 Å². The van der Waals surface area contributed by atoms with Crippen LogP contribution in [0.5, 0.6) is 0 Å². The Morgan fingerprint density at radius 1 is 1.03 bits per heavy atom. The van der Waals surface area contributed by atoms with Crippen LogP contribution in [0.15, 0.2) is 54.6 Å². The van der Waals surface area contributed by atoms with E-state index in [9.17, 15) is 4.79 Å². The van der Waals surface area contributed by atoms with Gasteiger partial charge in [0.1, 0.15) is 26.2 Å². The summed E-state index contributed by atoms with van der Waals surface area (Å²) in [5.74, 6) is 0.144. The minimum absolute atomic E-state index is 0.00957.